The second-order valence-electron chi connectivity index (χ2n) is 8.76. The number of benzene rings is 1. The number of aromatic nitrogens is 1. The molecule has 0 spiro atoms. The average molecular weight is 457 g/mol. The molecule has 0 bridgehead atoms. The van der Waals surface area contributed by atoms with Crippen LogP contribution < -0.4 is 11.1 Å². The third kappa shape index (κ3) is 6.79. The number of amides is 2. The Morgan fingerprint density at radius 2 is 1.84 bits per heavy atom. The summed E-state index contributed by atoms with van der Waals surface area (Å²) in [6.45, 7) is 4.86. The lowest BCUT2D eigenvalue weighted by molar-refractivity contribution is -0.138. The van der Waals surface area contributed by atoms with Crippen molar-refractivity contribution in [3.05, 3.63) is 29.6 Å². The molecule has 1 saturated carbocycles. The van der Waals surface area contributed by atoms with Crippen LogP contribution in [-0.4, -0.2) is 34.8 Å². The van der Waals surface area contributed by atoms with Crippen molar-refractivity contribution in [2.45, 2.75) is 65.2 Å². The monoisotopic (exact) mass is 456 g/mol. The minimum atomic E-state index is -0.154. The van der Waals surface area contributed by atoms with Gasteiger partial charge in [0.2, 0.25) is 11.8 Å². The van der Waals surface area contributed by atoms with E-state index >= 15 is 0 Å². The molecule has 0 atom stereocenters. The standard InChI is InChI=1S/C25H36N4O2S/c1-3-19(4-2)24(31)29(15-14-18-8-6-5-7-9-18)16-23(30)27-21-12-10-20(11-13-21)22-17-32-25(26)28-22/h10-13,17-19H,3-9,14-16H2,1-2H3,(H2,26,28)(H,27,30). The maximum Gasteiger partial charge on any atom is 0.243 e. The van der Waals surface area contributed by atoms with Crippen molar-refractivity contribution < 1.29 is 9.59 Å². The SMILES string of the molecule is CCC(CC)C(=O)N(CCC1CCCCC1)CC(=O)Nc1ccc(-c2csc(N)n2)cc1. The summed E-state index contributed by atoms with van der Waals surface area (Å²) in [7, 11) is 0. The van der Waals surface area contributed by atoms with Crippen molar-refractivity contribution >= 4 is 34.0 Å². The predicted octanol–water partition coefficient (Wildman–Crippen LogP) is 5.57. The van der Waals surface area contributed by atoms with Crippen molar-refractivity contribution in [3.8, 4) is 11.3 Å². The molecule has 1 heterocycles. The van der Waals surface area contributed by atoms with E-state index in [1.165, 1.54) is 43.4 Å². The normalized spacial score (nSPS) is 14.5. The van der Waals surface area contributed by atoms with Crippen LogP contribution in [-0.2, 0) is 9.59 Å². The Labute approximate surface area is 195 Å². The highest BCUT2D eigenvalue weighted by molar-refractivity contribution is 7.13. The fourth-order valence-electron chi connectivity index (χ4n) is 4.50. The molecular formula is C25H36N4O2S. The maximum atomic E-state index is 13.1. The molecule has 3 N–H and O–H groups in total. The molecule has 0 saturated heterocycles. The number of rotatable bonds is 10. The zero-order valence-electron chi connectivity index (χ0n) is 19.3. The number of carbonyl (C=O) groups excluding carboxylic acids is 2. The Kier molecular flexibility index (Phi) is 9.09. The summed E-state index contributed by atoms with van der Waals surface area (Å²) in [5, 5.41) is 5.40. The quantitative estimate of drug-likeness (QED) is 0.489. The van der Waals surface area contributed by atoms with Gasteiger partial charge in [-0.1, -0.05) is 58.1 Å². The van der Waals surface area contributed by atoms with Gasteiger partial charge in [0.15, 0.2) is 5.13 Å². The van der Waals surface area contributed by atoms with E-state index in [1.54, 1.807) is 4.90 Å². The maximum absolute atomic E-state index is 13.1. The van der Waals surface area contributed by atoms with Crippen molar-refractivity contribution in [3.63, 3.8) is 0 Å². The molecule has 0 radical (unpaired) electrons. The lowest BCUT2D eigenvalue weighted by Crippen LogP contribution is -2.42. The molecule has 6 nitrogen and oxygen atoms in total. The van der Waals surface area contributed by atoms with Gasteiger partial charge in [0.25, 0.3) is 0 Å². The van der Waals surface area contributed by atoms with Crippen LogP contribution in [0.3, 0.4) is 0 Å². The van der Waals surface area contributed by atoms with Gasteiger partial charge in [0.05, 0.1) is 12.2 Å². The Bertz CT molecular complexity index is 870. The number of hydrogen-bond acceptors (Lipinski definition) is 5. The first-order valence-electron chi connectivity index (χ1n) is 11.9. The summed E-state index contributed by atoms with van der Waals surface area (Å²) in [5.74, 6) is 0.617. The summed E-state index contributed by atoms with van der Waals surface area (Å²) in [6, 6.07) is 7.55. The summed E-state index contributed by atoms with van der Waals surface area (Å²) in [4.78, 5) is 32.0. The van der Waals surface area contributed by atoms with E-state index in [0.29, 0.717) is 23.3 Å². The molecule has 32 heavy (non-hydrogen) atoms. The van der Waals surface area contributed by atoms with Crippen LogP contribution in [0.15, 0.2) is 29.6 Å². The number of nitrogens with one attached hydrogen (secondary N) is 1. The highest BCUT2D eigenvalue weighted by Crippen LogP contribution is 2.27. The summed E-state index contributed by atoms with van der Waals surface area (Å²) >= 11 is 1.40. The van der Waals surface area contributed by atoms with Gasteiger partial charge in [-0.3, -0.25) is 9.59 Å². The molecule has 174 valence electrons. The topological polar surface area (TPSA) is 88.3 Å². The fraction of sp³-hybridized carbons (Fsp3) is 0.560. The van der Waals surface area contributed by atoms with Crippen LogP contribution in [0, 0.1) is 11.8 Å². The van der Waals surface area contributed by atoms with E-state index in [1.807, 2.05) is 43.5 Å². The first kappa shape index (κ1) is 24.2. The van der Waals surface area contributed by atoms with Crippen molar-refractivity contribution in [2.75, 3.05) is 24.1 Å². The van der Waals surface area contributed by atoms with Gasteiger partial charge < -0.3 is 16.0 Å². The summed E-state index contributed by atoms with van der Waals surface area (Å²) < 4.78 is 0. The fourth-order valence-corrected chi connectivity index (χ4v) is 5.07. The van der Waals surface area contributed by atoms with Crippen molar-refractivity contribution in [2.24, 2.45) is 11.8 Å². The van der Waals surface area contributed by atoms with Gasteiger partial charge in [-0.25, -0.2) is 4.98 Å². The van der Waals surface area contributed by atoms with Gasteiger partial charge in [0, 0.05) is 29.1 Å². The molecule has 3 rings (SSSR count). The zero-order chi connectivity index (χ0) is 22.9. The number of carbonyl (C=O) groups is 2. The molecular weight excluding hydrogens is 420 g/mol. The van der Waals surface area contributed by atoms with E-state index in [2.05, 4.69) is 10.3 Å². The molecule has 0 unspecified atom stereocenters. The van der Waals surface area contributed by atoms with Crippen LogP contribution in [0.5, 0.6) is 0 Å². The predicted molar refractivity (Wildman–Crippen MR) is 132 cm³/mol. The molecule has 2 amide bonds. The van der Waals surface area contributed by atoms with E-state index in [9.17, 15) is 9.59 Å². The Hall–Kier alpha value is -2.41. The summed E-state index contributed by atoms with van der Waals surface area (Å²) in [6.07, 6.45) is 8.99. The highest BCUT2D eigenvalue weighted by atomic mass is 32.1. The third-order valence-corrected chi connectivity index (χ3v) is 7.17. The van der Waals surface area contributed by atoms with Crippen LogP contribution in [0.2, 0.25) is 0 Å². The van der Waals surface area contributed by atoms with Crippen LogP contribution in [0.4, 0.5) is 10.8 Å². The van der Waals surface area contributed by atoms with Crippen molar-refractivity contribution in [1.29, 1.82) is 0 Å². The second-order valence-corrected chi connectivity index (χ2v) is 9.65. The number of anilines is 2. The molecule has 1 fully saturated rings. The Balaban J connectivity index is 1.60. The minimum absolute atomic E-state index is 0.0148. The Morgan fingerprint density at radius 3 is 2.44 bits per heavy atom. The molecule has 2 aromatic rings. The third-order valence-electron chi connectivity index (χ3n) is 6.50. The first-order valence-corrected chi connectivity index (χ1v) is 12.8. The summed E-state index contributed by atoms with van der Waals surface area (Å²) in [5.41, 5.74) is 8.21. The van der Waals surface area contributed by atoms with E-state index in [0.717, 1.165) is 30.5 Å². The molecule has 1 aliphatic rings. The second kappa shape index (κ2) is 12.0. The number of thiazole rings is 1. The van der Waals surface area contributed by atoms with E-state index < -0.39 is 0 Å². The van der Waals surface area contributed by atoms with Gasteiger partial charge >= 0.3 is 0 Å². The average Bonchev–Trinajstić information content (AvgIpc) is 3.24. The van der Waals surface area contributed by atoms with Gasteiger partial charge in [-0.15, -0.1) is 11.3 Å². The number of hydrogen-bond donors (Lipinski definition) is 2. The largest absolute Gasteiger partial charge is 0.375 e. The minimum Gasteiger partial charge on any atom is -0.375 e. The number of nitrogens with two attached hydrogens (primary N) is 1. The molecule has 7 heteroatoms. The lowest BCUT2D eigenvalue weighted by Gasteiger charge is -2.29. The molecule has 1 aliphatic carbocycles. The van der Waals surface area contributed by atoms with E-state index in [4.69, 9.17) is 5.73 Å². The molecule has 1 aromatic heterocycles. The highest BCUT2D eigenvalue weighted by Gasteiger charge is 2.25. The smallest absolute Gasteiger partial charge is 0.243 e. The molecule has 0 aliphatic heterocycles. The molecule has 1 aromatic carbocycles. The number of nitrogen functional groups attached to an aromatic ring is 1. The van der Waals surface area contributed by atoms with Crippen molar-refractivity contribution in [1.82, 2.24) is 9.88 Å². The van der Waals surface area contributed by atoms with Gasteiger partial charge in [0.1, 0.15) is 0 Å². The van der Waals surface area contributed by atoms with E-state index in [-0.39, 0.29) is 24.3 Å². The van der Waals surface area contributed by atoms with Crippen LogP contribution in [0.1, 0.15) is 65.2 Å². The lowest BCUT2D eigenvalue weighted by atomic mass is 9.87. The van der Waals surface area contributed by atoms with Gasteiger partial charge in [-0.2, -0.15) is 0 Å². The Morgan fingerprint density at radius 1 is 1.16 bits per heavy atom. The van der Waals surface area contributed by atoms with Gasteiger partial charge in [-0.05, 0) is 37.3 Å². The number of nitrogens with zero attached hydrogens (tertiary/aromatic N) is 2. The zero-order valence-corrected chi connectivity index (χ0v) is 20.1. The first-order chi connectivity index (χ1) is 15.5. The van der Waals surface area contributed by atoms with Crippen LogP contribution in [0.25, 0.3) is 11.3 Å². The van der Waals surface area contributed by atoms with Crippen LogP contribution >= 0.6 is 11.3 Å².